The van der Waals surface area contributed by atoms with Gasteiger partial charge in [-0.15, -0.1) is 0 Å². The lowest BCUT2D eigenvalue weighted by atomic mass is 9.95. The Balaban J connectivity index is 1.57. The zero-order chi connectivity index (χ0) is 26.1. The van der Waals surface area contributed by atoms with E-state index in [4.69, 9.17) is 27.9 Å². The number of Topliss-reactive ketones (excluding diaryl/α,β-unsaturated/α-hetero) is 1. The number of nitrogens with one attached hydrogen (secondary N) is 1. The van der Waals surface area contributed by atoms with Crippen molar-refractivity contribution in [3.8, 4) is 5.75 Å². The van der Waals surface area contributed by atoms with Gasteiger partial charge < -0.3 is 19.7 Å². The zero-order valence-electron chi connectivity index (χ0n) is 20.0. The van der Waals surface area contributed by atoms with Gasteiger partial charge in [0.1, 0.15) is 11.5 Å². The summed E-state index contributed by atoms with van der Waals surface area (Å²) in [6, 6.07) is 18.6. The van der Waals surface area contributed by atoms with E-state index < -0.39 is 17.7 Å². The lowest BCUT2D eigenvalue weighted by Crippen LogP contribution is -2.31. The van der Waals surface area contributed by atoms with Crippen LogP contribution in [-0.2, 0) is 16.0 Å². The van der Waals surface area contributed by atoms with Crippen molar-refractivity contribution < 1.29 is 19.4 Å². The van der Waals surface area contributed by atoms with E-state index in [1.54, 1.807) is 42.5 Å². The zero-order valence-corrected chi connectivity index (χ0v) is 21.5. The predicted molar refractivity (Wildman–Crippen MR) is 145 cm³/mol. The Morgan fingerprint density at radius 2 is 1.81 bits per heavy atom. The number of fused-ring (bicyclic) bond motifs is 1. The topological polar surface area (TPSA) is 82.6 Å². The van der Waals surface area contributed by atoms with Crippen molar-refractivity contribution in [1.29, 1.82) is 0 Å². The van der Waals surface area contributed by atoms with Gasteiger partial charge in [-0.1, -0.05) is 47.5 Å². The quantitative estimate of drug-likeness (QED) is 0.160. The first kappa shape index (κ1) is 24.9. The number of hydrogen-bond acceptors (Lipinski definition) is 4. The summed E-state index contributed by atoms with van der Waals surface area (Å²) in [7, 11) is 0. The van der Waals surface area contributed by atoms with E-state index >= 15 is 0 Å². The van der Waals surface area contributed by atoms with Crippen LogP contribution in [0.5, 0.6) is 5.75 Å². The number of amides is 1. The van der Waals surface area contributed by atoms with Gasteiger partial charge in [-0.05, 0) is 66.9 Å². The molecular weight excluding hydrogens is 511 g/mol. The summed E-state index contributed by atoms with van der Waals surface area (Å²) in [6.07, 6.45) is 2.41. The van der Waals surface area contributed by atoms with Crippen LogP contribution < -0.4 is 4.74 Å². The number of aliphatic hydroxyl groups is 1. The Morgan fingerprint density at radius 3 is 2.54 bits per heavy atom. The van der Waals surface area contributed by atoms with Gasteiger partial charge in [0.2, 0.25) is 0 Å². The Morgan fingerprint density at radius 1 is 1.05 bits per heavy atom. The third-order valence-electron chi connectivity index (χ3n) is 6.53. The molecule has 1 aliphatic heterocycles. The Bertz CT molecular complexity index is 1520. The van der Waals surface area contributed by atoms with Crippen LogP contribution in [0.1, 0.15) is 29.7 Å². The van der Waals surface area contributed by atoms with E-state index in [2.05, 4.69) is 4.98 Å². The van der Waals surface area contributed by atoms with E-state index in [1.807, 2.05) is 37.4 Å². The highest BCUT2D eigenvalue weighted by molar-refractivity contribution is 6.47. The number of aromatic nitrogens is 1. The summed E-state index contributed by atoms with van der Waals surface area (Å²) in [6.45, 7) is 2.62. The number of aliphatic hydroxyl groups excluding tert-OH is 1. The molecule has 1 saturated heterocycles. The minimum Gasteiger partial charge on any atom is -0.507 e. The number of ketones is 1. The average Bonchev–Trinajstić information content (AvgIpc) is 3.41. The highest BCUT2D eigenvalue weighted by Gasteiger charge is 2.46. The summed E-state index contributed by atoms with van der Waals surface area (Å²) in [5.74, 6) is -1.09. The highest BCUT2D eigenvalue weighted by atomic mass is 35.5. The molecule has 4 aromatic rings. The molecule has 8 heteroatoms. The summed E-state index contributed by atoms with van der Waals surface area (Å²) in [5.41, 5.74) is 2.90. The number of ether oxygens (including phenoxy) is 1. The average molecular weight is 535 g/mol. The number of carbonyl (C=O) groups is 2. The second-order valence-corrected chi connectivity index (χ2v) is 9.57. The fraction of sp³-hybridized carbons (Fsp3) is 0.172. The highest BCUT2D eigenvalue weighted by Crippen LogP contribution is 2.42. The van der Waals surface area contributed by atoms with Crippen molar-refractivity contribution in [3.05, 3.63) is 105 Å². The summed E-state index contributed by atoms with van der Waals surface area (Å²) in [4.78, 5) is 31.3. The first-order valence-electron chi connectivity index (χ1n) is 11.9. The number of H-pyrrole nitrogens is 1. The Kier molecular flexibility index (Phi) is 6.96. The molecule has 0 spiro atoms. The molecular formula is C29H24Cl2N2O4. The van der Waals surface area contributed by atoms with Gasteiger partial charge in [0, 0.05) is 39.3 Å². The van der Waals surface area contributed by atoms with Crippen LogP contribution in [0.2, 0.25) is 10.0 Å². The van der Waals surface area contributed by atoms with Crippen molar-refractivity contribution >= 4 is 51.6 Å². The molecule has 1 fully saturated rings. The molecule has 5 rings (SSSR count). The van der Waals surface area contributed by atoms with Crippen LogP contribution >= 0.6 is 23.2 Å². The molecule has 6 nitrogen and oxygen atoms in total. The molecule has 0 radical (unpaired) electrons. The molecule has 2 heterocycles. The fourth-order valence-electron chi connectivity index (χ4n) is 4.77. The van der Waals surface area contributed by atoms with Crippen LogP contribution in [0.3, 0.4) is 0 Å². The lowest BCUT2D eigenvalue weighted by Gasteiger charge is -2.26. The summed E-state index contributed by atoms with van der Waals surface area (Å²) < 4.78 is 5.48. The van der Waals surface area contributed by atoms with E-state index in [0.29, 0.717) is 39.9 Å². The second kappa shape index (κ2) is 10.3. The maximum atomic E-state index is 13.3. The van der Waals surface area contributed by atoms with Gasteiger partial charge in [-0.2, -0.15) is 0 Å². The number of para-hydroxylation sites is 1. The number of likely N-dealkylation sites (tertiary alicyclic amines) is 1. The van der Waals surface area contributed by atoms with Crippen molar-refractivity contribution in [1.82, 2.24) is 9.88 Å². The van der Waals surface area contributed by atoms with Gasteiger partial charge >= 0.3 is 0 Å². The SMILES string of the molecule is CCOc1ccc(C(O)=C2C(=O)C(=O)N(CCc3c[nH]c4ccccc34)C2c2ccc(Cl)cc2Cl)cc1. The number of rotatable bonds is 7. The minimum absolute atomic E-state index is 0.0164. The monoisotopic (exact) mass is 534 g/mol. The standard InChI is InChI=1S/C29H24Cl2N2O4/c1-2-37-20-10-7-17(8-11-20)27(34)25-26(22-12-9-19(30)15-23(22)31)33(29(36)28(25)35)14-13-18-16-32-24-6-4-3-5-21(18)24/h3-12,15-16,26,32,34H,2,13-14H2,1H3. The van der Waals surface area contributed by atoms with E-state index in [-0.39, 0.29) is 17.9 Å². The number of aromatic amines is 1. The summed E-state index contributed by atoms with van der Waals surface area (Å²) >= 11 is 12.7. The first-order valence-corrected chi connectivity index (χ1v) is 12.7. The molecule has 2 N–H and O–H groups in total. The molecule has 0 saturated carbocycles. The van der Waals surface area contributed by atoms with Crippen LogP contribution in [-0.4, -0.2) is 39.8 Å². The van der Waals surface area contributed by atoms with Crippen LogP contribution in [0.15, 0.2) is 78.5 Å². The van der Waals surface area contributed by atoms with Gasteiger partial charge in [-0.25, -0.2) is 0 Å². The van der Waals surface area contributed by atoms with E-state index in [0.717, 1.165) is 16.5 Å². The predicted octanol–water partition coefficient (Wildman–Crippen LogP) is 6.54. The maximum Gasteiger partial charge on any atom is 0.295 e. The van der Waals surface area contributed by atoms with Gasteiger partial charge in [0.05, 0.1) is 18.2 Å². The number of benzene rings is 3. The second-order valence-electron chi connectivity index (χ2n) is 8.73. The van der Waals surface area contributed by atoms with Gasteiger partial charge in [0.25, 0.3) is 11.7 Å². The van der Waals surface area contributed by atoms with E-state index in [1.165, 1.54) is 4.90 Å². The number of nitrogens with zero attached hydrogens (tertiary/aromatic N) is 1. The normalized spacial score (nSPS) is 17.1. The van der Waals surface area contributed by atoms with Crippen LogP contribution in [0, 0.1) is 0 Å². The Labute approximate surface area is 224 Å². The third kappa shape index (κ3) is 4.70. The first-order chi connectivity index (χ1) is 17.9. The van der Waals surface area contributed by atoms with E-state index in [9.17, 15) is 14.7 Å². The van der Waals surface area contributed by atoms with Crippen molar-refractivity contribution in [3.63, 3.8) is 0 Å². The fourth-order valence-corrected chi connectivity index (χ4v) is 5.28. The lowest BCUT2D eigenvalue weighted by molar-refractivity contribution is -0.139. The molecule has 1 atom stereocenters. The summed E-state index contributed by atoms with van der Waals surface area (Å²) in [5, 5.41) is 13.1. The molecule has 188 valence electrons. The molecule has 1 aromatic heterocycles. The smallest absolute Gasteiger partial charge is 0.295 e. The molecule has 1 aliphatic rings. The number of halogens is 2. The largest absolute Gasteiger partial charge is 0.507 e. The third-order valence-corrected chi connectivity index (χ3v) is 7.10. The maximum absolute atomic E-state index is 13.3. The van der Waals surface area contributed by atoms with Crippen molar-refractivity contribution in [2.24, 2.45) is 0 Å². The molecule has 37 heavy (non-hydrogen) atoms. The van der Waals surface area contributed by atoms with Crippen LogP contribution in [0.4, 0.5) is 0 Å². The molecule has 1 unspecified atom stereocenters. The Hall–Kier alpha value is -3.74. The van der Waals surface area contributed by atoms with Crippen molar-refractivity contribution in [2.75, 3.05) is 13.2 Å². The number of carbonyl (C=O) groups excluding carboxylic acids is 2. The molecule has 0 aliphatic carbocycles. The molecule has 0 bridgehead atoms. The molecule has 1 amide bonds. The number of hydrogen-bond donors (Lipinski definition) is 2. The molecule has 3 aromatic carbocycles. The van der Waals surface area contributed by atoms with Gasteiger partial charge in [-0.3, -0.25) is 9.59 Å². The van der Waals surface area contributed by atoms with Gasteiger partial charge in [0.15, 0.2) is 0 Å². The van der Waals surface area contributed by atoms with Crippen molar-refractivity contribution in [2.45, 2.75) is 19.4 Å². The minimum atomic E-state index is -0.874. The van der Waals surface area contributed by atoms with Crippen LogP contribution in [0.25, 0.3) is 16.7 Å².